The van der Waals surface area contributed by atoms with E-state index in [-0.39, 0.29) is 5.41 Å². The third-order valence-electron chi connectivity index (χ3n) is 5.14. The van der Waals surface area contributed by atoms with Crippen LogP contribution in [0.25, 0.3) is 33.1 Å². The Hall–Kier alpha value is -2.74. The molecule has 5 rings (SSSR count). The minimum absolute atomic E-state index is 0.171. The van der Waals surface area contributed by atoms with E-state index in [1.54, 1.807) is 6.07 Å². The lowest BCUT2D eigenvalue weighted by Crippen LogP contribution is -2.15. The molecular formula is C21H16O2. The number of rotatable bonds is 0. The van der Waals surface area contributed by atoms with E-state index in [9.17, 15) is 5.11 Å². The van der Waals surface area contributed by atoms with Crippen molar-refractivity contribution < 1.29 is 9.52 Å². The van der Waals surface area contributed by atoms with Gasteiger partial charge >= 0.3 is 0 Å². The molecule has 0 saturated carbocycles. The van der Waals surface area contributed by atoms with E-state index < -0.39 is 0 Å². The first-order chi connectivity index (χ1) is 11.1. The van der Waals surface area contributed by atoms with Gasteiger partial charge in [0.05, 0.1) is 0 Å². The lowest BCUT2D eigenvalue weighted by atomic mass is 9.80. The number of aromatic hydroxyl groups is 1. The molecule has 0 bridgehead atoms. The zero-order valence-electron chi connectivity index (χ0n) is 13.1. The van der Waals surface area contributed by atoms with Gasteiger partial charge in [0, 0.05) is 27.8 Å². The molecule has 0 amide bonds. The monoisotopic (exact) mass is 300 g/mol. The summed E-state index contributed by atoms with van der Waals surface area (Å²) in [6.07, 6.45) is 0. The highest BCUT2D eigenvalue weighted by Gasteiger charge is 2.39. The van der Waals surface area contributed by atoms with Gasteiger partial charge in [-0.2, -0.15) is 0 Å². The molecule has 0 radical (unpaired) electrons. The van der Waals surface area contributed by atoms with E-state index in [0.717, 1.165) is 33.1 Å². The smallest absolute Gasteiger partial charge is 0.139 e. The topological polar surface area (TPSA) is 33.4 Å². The molecule has 0 fully saturated rings. The molecule has 3 aromatic carbocycles. The van der Waals surface area contributed by atoms with E-state index >= 15 is 0 Å². The maximum Gasteiger partial charge on any atom is 0.139 e. The molecule has 2 nitrogen and oxygen atoms in total. The summed E-state index contributed by atoms with van der Waals surface area (Å²) in [5, 5.41) is 12.9. The van der Waals surface area contributed by atoms with E-state index in [2.05, 4.69) is 38.1 Å². The summed E-state index contributed by atoms with van der Waals surface area (Å²) in [7, 11) is 0. The molecule has 1 heterocycles. The molecule has 0 atom stereocenters. The second kappa shape index (κ2) is 3.96. The number of hydrogen-bond acceptors (Lipinski definition) is 2. The summed E-state index contributed by atoms with van der Waals surface area (Å²) in [6.45, 7) is 4.44. The van der Waals surface area contributed by atoms with Gasteiger partial charge in [-0.05, 0) is 22.8 Å². The Bertz CT molecular complexity index is 1100. The standard InChI is InChI=1S/C21H16O2/c1-21(2)14-9-5-3-7-12(14)18-15(22)11-17-19(20(18)21)13-8-4-6-10-16(13)23-17/h3-11,22H,1-2H3. The van der Waals surface area contributed by atoms with Crippen molar-refractivity contribution in [1.82, 2.24) is 0 Å². The van der Waals surface area contributed by atoms with Crippen LogP contribution in [0.15, 0.2) is 59.0 Å². The number of hydrogen-bond donors (Lipinski definition) is 1. The molecule has 4 aromatic rings. The fourth-order valence-corrected chi connectivity index (χ4v) is 4.15. The average molecular weight is 300 g/mol. The van der Waals surface area contributed by atoms with Crippen molar-refractivity contribution in [2.45, 2.75) is 19.3 Å². The first-order valence-electron chi connectivity index (χ1n) is 7.86. The number of para-hydroxylation sites is 1. The van der Waals surface area contributed by atoms with Crippen LogP contribution < -0.4 is 0 Å². The number of phenolic OH excluding ortho intramolecular Hbond substituents is 1. The SMILES string of the molecule is CC1(C)c2ccccc2-c2c(O)cc3oc4ccccc4c3c21. The quantitative estimate of drug-likeness (QED) is 0.458. The van der Waals surface area contributed by atoms with Gasteiger partial charge in [-0.1, -0.05) is 56.3 Å². The molecule has 2 heteroatoms. The molecule has 0 spiro atoms. The summed E-state index contributed by atoms with van der Waals surface area (Å²) >= 11 is 0. The van der Waals surface area contributed by atoms with Crippen molar-refractivity contribution in [2.75, 3.05) is 0 Å². The first-order valence-corrected chi connectivity index (χ1v) is 7.86. The Morgan fingerprint density at radius 1 is 0.913 bits per heavy atom. The second-order valence-electron chi connectivity index (χ2n) is 6.79. The highest BCUT2D eigenvalue weighted by atomic mass is 16.3. The highest BCUT2D eigenvalue weighted by Crippen LogP contribution is 2.55. The predicted molar refractivity (Wildman–Crippen MR) is 92.9 cm³/mol. The largest absolute Gasteiger partial charge is 0.507 e. The van der Waals surface area contributed by atoms with E-state index in [0.29, 0.717) is 5.75 Å². The van der Waals surface area contributed by atoms with E-state index in [1.165, 1.54) is 11.1 Å². The molecule has 0 aliphatic heterocycles. The minimum Gasteiger partial charge on any atom is -0.507 e. The van der Waals surface area contributed by atoms with Crippen LogP contribution in [0.3, 0.4) is 0 Å². The second-order valence-corrected chi connectivity index (χ2v) is 6.79. The normalized spacial score (nSPS) is 15.0. The van der Waals surface area contributed by atoms with Crippen LogP contribution in [0, 0.1) is 0 Å². The van der Waals surface area contributed by atoms with Crippen molar-refractivity contribution in [2.24, 2.45) is 0 Å². The predicted octanol–water partition coefficient (Wildman–Crippen LogP) is 5.60. The van der Waals surface area contributed by atoms with Crippen LogP contribution >= 0.6 is 0 Å². The van der Waals surface area contributed by atoms with Gasteiger partial charge in [-0.3, -0.25) is 0 Å². The average Bonchev–Trinajstić information content (AvgIpc) is 3.01. The summed E-state index contributed by atoms with van der Waals surface area (Å²) in [5.74, 6) is 0.296. The first kappa shape index (κ1) is 12.8. The Labute approximate surface area is 134 Å². The van der Waals surface area contributed by atoms with Gasteiger partial charge in [0.15, 0.2) is 0 Å². The van der Waals surface area contributed by atoms with Crippen molar-refractivity contribution in [1.29, 1.82) is 0 Å². The fourth-order valence-electron chi connectivity index (χ4n) is 4.15. The Kier molecular flexibility index (Phi) is 2.20. The summed E-state index contributed by atoms with van der Waals surface area (Å²) in [5.41, 5.74) is 5.93. The van der Waals surface area contributed by atoms with Crippen LogP contribution in [0.1, 0.15) is 25.0 Å². The fraction of sp³-hybridized carbons (Fsp3) is 0.143. The van der Waals surface area contributed by atoms with Gasteiger partial charge in [0.2, 0.25) is 0 Å². The van der Waals surface area contributed by atoms with Crippen LogP contribution in [0.4, 0.5) is 0 Å². The van der Waals surface area contributed by atoms with Crippen LogP contribution in [0.2, 0.25) is 0 Å². The third kappa shape index (κ3) is 1.43. The lowest BCUT2D eigenvalue weighted by Gasteiger charge is -2.22. The van der Waals surface area contributed by atoms with Crippen LogP contribution in [-0.2, 0) is 5.41 Å². The van der Waals surface area contributed by atoms with Gasteiger partial charge in [-0.25, -0.2) is 0 Å². The van der Waals surface area contributed by atoms with Crippen molar-refractivity contribution in [3.05, 3.63) is 65.7 Å². The highest BCUT2D eigenvalue weighted by molar-refractivity contribution is 6.12. The summed E-state index contributed by atoms with van der Waals surface area (Å²) in [6, 6.07) is 18.2. The minimum atomic E-state index is -0.171. The van der Waals surface area contributed by atoms with Crippen LogP contribution in [0.5, 0.6) is 5.75 Å². The third-order valence-corrected chi connectivity index (χ3v) is 5.14. The Morgan fingerprint density at radius 3 is 2.52 bits per heavy atom. The Morgan fingerprint density at radius 2 is 1.65 bits per heavy atom. The number of phenols is 1. The molecule has 0 unspecified atom stereocenters. The number of fused-ring (bicyclic) bond motifs is 7. The summed E-state index contributed by atoms with van der Waals surface area (Å²) in [4.78, 5) is 0. The lowest BCUT2D eigenvalue weighted by molar-refractivity contribution is 0.476. The van der Waals surface area contributed by atoms with Crippen molar-refractivity contribution >= 4 is 21.9 Å². The molecule has 1 aliphatic carbocycles. The van der Waals surface area contributed by atoms with Gasteiger partial charge < -0.3 is 9.52 Å². The summed E-state index contributed by atoms with van der Waals surface area (Å²) < 4.78 is 5.99. The Balaban J connectivity index is 2.07. The van der Waals surface area contributed by atoms with Crippen LogP contribution in [-0.4, -0.2) is 5.11 Å². The van der Waals surface area contributed by atoms with E-state index in [4.69, 9.17) is 4.42 Å². The van der Waals surface area contributed by atoms with Crippen molar-refractivity contribution in [3.63, 3.8) is 0 Å². The number of benzene rings is 3. The number of furan rings is 1. The van der Waals surface area contributed by atoms with Crippen molar-refractivity contribution in [3.8, 4) is 16.9 Å². The molecule has 1 N–H and O–H groups in total. The maximum absolute atomic E-state index is 10.7. The zero-order chi connectivity index (χ0) is 15.8. The van der Waals surface area contributed by atoms with Gasteiger partial charge in [-0.15, -0.1) is 0 Å². The zero-order valence-corrected chi connectivity index (χ0v) is 13.1. The molecule has 112 valence electrons. The molecule has 23 heavy (non-hydrogen) atoms. The molecule has 1 aliphatic rings. The molecule has 1 aromatic heterocycles. The maximum atomic E-state index is 10.7. The van der Waals surface area contributed by atoms with Gasteiger partial charge in [0.25, 0.3) is 0 Å². The van der Waals surface area contributed by atoms with E-state index in [1.807, 2.05) is 24.3 Å². The molecular weight excluding hydrogens is 284 g/mol. The molecule has 0 saturated heterocycles. The van der Waals surface area contributed by atoms with Gasteiger partial charge in [0.1, 0.15) is 16.9 Å².